The summed E-state index contributed by atoms with van der Waals surface area (Å²) in [7, 11) is 1.61. The fourth-order valence-corrected chi connectivity index (χ4v) is 4.54. The number of ether oxygens (including phenoxy) is 1. The first-order valence-electron chi connectivity index (χ1n) is 8.30. The number of anilines is 1. The number of pyridine rings is 1. The average Bonchev–Trinajstić information content (AvgIpc) is 3.34. The molecule has 27 heavy (non-hydrogen) atoms. The number of amides is 1. The van der Waals surface area contributed by atoms with Crippen LogP contribution in [0.25, 0.3) is 20.8 Å². The molecule has 4 rings (SSSR count). The fraction of sp³-hybridized carbons (Fsp3) is 0.100. The molecule has 0 aliphatic rings. The van der Waals surface area contributed by atoms with Crippen LogP contribution in [0.2, 0.25) is 0 Å². The Balaban J connectivity index is 1.59. The van der Waals surface area contributed by atoms with Gasteiger partial charge in [-0.05, 0) is 29.6 Å². The summed E-state index contributed by atoms with van der Waals surface area (Å²) in [5.74, 6) is 0.531. The molecule has 0 saturated heterocycles. The molecule has 5 nitrogen and oxygen atoms in total. The van der Waals surface area contributed by atoms with E-state index in [1.165, 1.54) is 11.3 Å². The van der Waals surface area contributed by atoms with Crippen LogP contribution in [0, 0.1) is 0 Å². The lowest BCUT2D eigenvalue weighted by atomic mass is 10.2. The first kappa shape index (κ1) is 17.5. The molecule has 0 fully saturated rings. The summed E-state index contributed by atoms with van der Waals surface area (Å²) in [6.07, 6.45) is 0. The van der Waals surface area contributed by atoms with Crippen LogP contribution in [-0.2, 0) is 6.54 Å². The number of nitrogens with zero attached hydrogens (tertiary/aromatic N) is 1. The minimum absolute atomic E-state index is 0.209. The largest absolute Gasteiger partial charge is 0.496 e. The zero-order chi connectivity index (χ0) is 18.8. The van der Waals surface area contributed by atoms with Gasteiger partial charge in [0, 0.05) is 17.5 Å². The minimum Gasteiger partial charge on any atom is -0.496 e. The van der Waals surface area contributed by atoms with Crippen molar-refractivity contribution < 1.29 is 9.53 Å². The molecule has 0 unspecified atom stereocenters. The second-order valence-corrected chi connectivity index (χ2v) is 7.81. The Labute approximate surface area is 164 Å². The molecule has 1 amide bonds. The van der Waals surface area contributed by atoms with Gasteiger partial charge in [0.25, 0.3) is 5.91 Å². The Morgan fingerprint density at radius 1 is 1.19 bits per heavy atom. The summed E-state index contributed by atoms with van der Waals surface area (Å²) in [6, 6.07) is 15.5. The molecule has 3 heterocycles. The molecule has 7 heteroatoms. The number of carbonyl (C=O) groups excluding carboxylic acids is 1. The first-order chi connectivity index (χ1) is 13.2. The van der Waals surface area contributed by atoms with Crippen molar-refractivity contribution >= 4 is 44.5 Å². The van der Waals surface area contributed by atoms with E-state index < -0.39 is 0 Å². The molecule has 3 aromatic heterocycles. The second-order valence-electron chi connectivity index (χ2n) is 5.87. The minimum atomic E-state index is -0.209. The number of hydrogen-bond donors (Lipinski definition) is 2. The molecule has 3 N–H and O–H groups in total. The van der Waals surface area contributed by atoms with Gasteiger partial charge in [-0.25, -0.2) is 4.98 Å². The van der Waals surface area contributed by atoms with Gasteiger partial charge in [0.15, 0.2) is 0 Å². The van der Waals surface area contributed by atoms with E-state index in [0.717, 1.165) is 32.1 Å². The van der Waals surface area contributed by atoms with Gasteiger partial charge in [-0.15, -0.1) is 22.7 Å². The third-order valence-corrected chi connectivity index (χ3v) is 6.21. The maximum Gasteiger partial charge on any atom is 0.263 e. The van der Waals surface area contributed by atoms with E-state index in [0.29, 0.717) is 17.1 Å². The topological polar surface area (TPSA) is 77.2 Å². The first-order valence-corrected chi connectivity index (χ1v) is 10.00. The van der Waals surface area contributed by atoms with E-state index >= 15 is 0 Å². The molecule has 0 saturated carbocycles. The number of rotatable bonds is 5. The molecular formula is C20H17N3O2S2. The van der Waals surface area contributed by atoms with Crippen molar-refractivity contribution in [2.45, 2.75) is 6.54 Å². The smallest absolute Gasteiger partial charge is 0.263 e. The molecule has 0 aliphatic heterocycles. The zero-order valence-corrected chi connectivity index (χ0v) is 16.2. The Morgan fingerprint density at radius 3 is 2.81 bits per heavy atom. The highest BCUT2D eigenvalue weighted by atomic mass is 32.1. The van der Waals surface area contributed by atoms with Crippen molar-refractivity contribution in [2.75, 3.05) is 12.8 Å². The van der Waals surface area contributed by atoms with Crippen LogP contribution >= 0.6 is 22.7 Å². The number of nitrogen functional groups attached to an aromatic ring is 1. The van der Waals surface area contributed by atoms with Crippen LogP contribution in [0.5, 0.6) is 5.75 Å². The average molecular weight is 396 g/mol. The summed E-state index contributed by atoms with van der Waals surface area (Å²) in [4.78, 5) is 19.7. The SMILES string of the molecule is COc1ccccc1CNC(=O)c1sc2nc(-c3cccs3)ccc2c1N. The molecular weight excluding hydrogens is 378 g/mol. The van der Waals surface area contributed by atoms with Crippen LogP contribution in [0.15, 0.2) is 53.9 Å². The standard InChI is InChI=1S/C20H17N3O2S2/c1-25-15-6-3-2-5-12(15)11-22-19(24)18-17(21)13-8-9-14(23-20(13)27-18)16-7-4-10-26-16/h2-10H,11,21H2,1H3,(H,22,24). The van der Waals surface area contributed by atoms with E-state index in [1.54, 1.807) is 18.4 Å². The molecule has 0 radical (unpaired) electrons. The maximum absolute atomic E-state index is 12.7. The predicted octanol–water partition coefficient (Wildman–Crippen LogP) is 4.55. The number of aromatic nitrogens is 1. The summed E-state index contributed by atoms with van der Waals surface area (Å²) in [6.45, 7) is 0.365. The maximum atomic E-state index is 12.7. The molecule has 4 aromatic rings. The van der Waals surface area contributed by atoms with Gasteiger partial charge in [0.1, 0.15) is 15.5 Å². The molecule has 0 atom stereocenters. The third kappa shape index (κ3) is 3.39. The number of thiophene rings is 2. The number of methoxy groups -OCH3 is 1. The van der Waals surface area contributed by atoms with E-state index in [1.807, 2.05) is 53.9 Å². The molecule has 0 bridgehead atoms. The highest BCUT2D eigenvalue weighted by molar-refractivity contribution is 7.21. The van der Waals surface area contributed by atoms with Gasteiger partial charge in [-0.1, -0.05) is 24.3 Å². The summed E-state index contributed by atoms with van der Waals surface area (Å²) >= 11 is 2.94. The van der Waals surface area contributed by atoms with Crippen LogP contribution in [-0.4, -0.2) is 18.0 Å². The van der Waals surface area contributed by atoms with Crippen LogP contribution in [0.1, 0.15) is 15.2 Å². The Hall–Kier alpha value is -2.90. The second kappa shape index (κ2) is 7.38. The van der Waals surface area contributed by atoms with Gasteiger partial charge < -0.3 is 15.8 Å². The lowest BCUT2D eigenvalue weighted by Gasteiger charge is -2.09. The lowest BCUT2D eigenvalue weighted by Crippen LogP contribution is -2.22. The number of fused-ring (bicyclic) bond motifs is 1. The number of nitrogens with one attached hydrogen (secondary N) is 1. The highest BCUT2D eigenvalue weighted by Crippen LogP contribution is 2.35. The molecule has 0 spiro atoms. The van der Waals surface area contributed by atoms with Gasteiger partial charge in [-0.3, -0.25) is 4.79 Å². The Morgan fingerprint density at radius 2 is 2.04 bits per heavy atom. The van der Waals surface area contributed by atoms with Crippen LogP contribution in [0.4, 0.5) is 5.69 Å². The van der Waals surface area contributed by atoms with Crippen LogP contribution < -0.4 is 15.8 Å². The monoisotopic (exact) mass is 395 g/mol. The molecule has 136 valence electrons. The number of carbonyl (C=O) groups is 1. The Bertz CT molecular complexity index is 1100. The normalized spacial score (nSPS) is 10.9. The van der Waals surface area contributed by atoms with E-state index in [-0.39, 0.29) is 5.91 Å². The molecule has 0 aliphatic carbocycles. The van der Waals surface area contributed by atoms with Gasteiger partial charge in [0.2, 0.25) is 0 Å². The zero-order valence-electron chi connectivity index (χ0n) is 14.6. The molecule has 1 aromatic carbocycles. The van der Waals surface area contributed by atoms with E-state index in [4.69, 9.17) is 10.5 Å². The predicted molar refractivity (Wildman–Crippen MR) is 112 cm³/mol. The van der Waals surface area contributed by atoms with Crippen LogP contribution in [0.3, 0.4) is 0 Å². The van der Waals surface area contributed by atoms with Crippen molar-refractivity contribution in [3.05, 3.63) is 64.4 Å². The van der Waals surface area contributed by atoms with Gasteiger partial charge in [-0.2, -0.15) is 0 Å². The van der Waals surface area contributed by atoms with Crippen molar-refractivity contribution in [1.82, 2.24) is 10.3 Å². The lowest BCUT2D eigenvalue weighted by molar-refractivity contribution is 0.0955. The number of benzene rings is 1. The fourth-order valence-electron chi connectivity index (χ4n) is 2.83. The number of para-hydroxylation sites is 1. The highest BCUT2D eigenvalue weighted by Gasteiger charge is 2.18. The third-order valence-electron chi connectivity index (χ3n) is 4.21. The van der Waals surface area contributed by atoms with E-state index in [9.17, 15) is 4.79 Å². The summed E-state index contributed by atoms with van der Waals surface area (Å²) in [5.41, 5.74) is 8.49. The van der Waals surface area contributed by atoms with Crippen molar-refractivity contribution in [3.8, 4) is 16.3 Å². The van der Waals surface area contributed by atoms with Gasteiger partial charge in [0.05, 0.1) is 23.4 Å². The number of hydrogen-bond acceptors (Lipinski definition) is 6. The van der Waals surface area contributed by atoms with Crippen molar-refractivity contribution in [2.24, 2.45) is 0 Å². The van der Waals surface area contributed by atoms with E-state index in [2.05, 4.69) is 10.3 Å². The number of nitrogens with two attached hydrogens (primary N) is 1. The van der Waals surface area contributed by atoms with Gasteiger partial charge >= 0.3 is 0 Å². The summed E-state index contributed by atoms with van der Waals surface area (Å²) in [5, 5.41) is 5.74. The Kier molecular flexibility index (Phi) is 4.79. The van der Waals surface area contributed by atoms with Crippen molar-refractivity contribution in [1.29, 1.82) is 0 Å². The summed E-state index contributed by atoms with van der Waals surface area (Å²) < 4.78 is 5.32. The van der Waals surface area contributed by atoms with Crippen molar-refractivity contribution in [3.63, 3.8) is 0 Å². The quantitative estimate of drug-likeness (QED) is 0.520.